The van der Waals surface area contributed by atoms with Crippen LogP contribution in [-0.4, -0.2) is 12.0 Å². The number of nitrogens with one attached hydrogen (secondary N) is 1. The third-order valence-electron chi connectivity index (χ3n) is 2.73. The Bertz CT molecular complexity index is 402. The van der Waals surface area contributed by atoms with E-state index in [1.807, 2.05) is 6.07 Å². The standard InChI is InChI=1S/C13H20BrN3/c1-4-10(3)17-13(15)16-8-11-5-6-12(14)7-9(11)2/h5-7,10H,4,8H2,1-3H3,(H3,15,16,17). The van der Waals surface area contributed by atoms with Crippen LogP contribution in [0.5, 0.6) is 0 Å². The summed E-state index contributed by atoms with van der Waals surface area (Å²) in [7, 11) is 0. The summed E-state index contributed by atoms with van der Waals surface area (Å²) in [4.78, 5) is 4.34. The highest BCUT2D eigenvalue weighted by Gasteiger charge is 2.01. The van der Waals surface area contributed by atoms with E-state index in [0.717, 1.165) is 10.9 Å². The molecule has 0 spiro atoms. The molecular formula is C13H20BrN3. The average Bonchev–Trinajstić information content (AvgIpc) is 2.27. The third kappa shape index (κ3) is 4.77. The van der Waals surface area contributed by atoms with Gasteiger partial charge >= 0.3 is 0 Å². The lowest BCUT2D eigenvalue weighted by atomic mass is 10.1. The van der Waals surface area contributed by atoms with Crippen LogP contribution in [0.15, 0.2) is 27.7 Å². The molecule has 0 bridgehead atoms. The zero-order valence-electron chi connectivity index (χ0n) is 10.6. The largest absolute Gasteiger partial charge is 0.370 e. The van der Waals surface area contributed by atoms with Crippen LogP contribution in [0.25, 0.3) is 0 Å². The predicted molar refractivity (Wildman–Crippen MR) is 77.1 cm³/mol. The number of hydrogen-bond donors (Lipinski definition) is 2. The van der Waals surface area contributed by atoms with E-state index < -0.39 is 0 Å². The van der Waals surface area contributed by atoms with Crippen LogP contribution in [-0.2, 0) is 6.54 Å². The number of aryl methyl sites for hydroxylation is 1. The van der Waals surface area contributed by atoms with Crippen molar-refractivity contribution in [3.8, 4) is 0 Å². The molecule has 17 heavy (non-hydrogen) atoms. The van der Waals surface area contributed by atoms with Crippen molar-refractivity contribution in [1.82, 2.24) is 5.32 Å². The molecule has 0 aliphatic carbocycles. The normalized spacial score (nSPS) is 13.5. The summed E-state index contributed by atoms with van der Waals surface area (Å²) in [6.45, 7) is 6.90. The monoisotopic (exact) mass is 297 g/mol. The summed E-state index contributed by atoms with van der Waals surface area (Å²) >= 11 is 3.45. The molecule has 0 aromatic heterocycles. The van der Waals surface area contributed by atoms with E-state index in [-0.39, 0.29) is 0 Å². The molecule has 0 aliphatic heterocycles. The Morgan fingerprint density at radius 2 is 2.24 bits per heavy atom. The van der Waals surface area contributed by atoms with Crippen molar-refractivity contribution in [2.45, 2.75) is 39.8 Å². The molecule has 0 fully saturated rings. The zero-order valence-corrected chi connectivity index (χ0v) is 12.2. The minimum absolute atomic E-state index is 0.366. The van der Waals surface area contributed by atoms with Gasteiger partial charge in [-0.2, -0.15) is 0 Å². The molecule has 3 N–H and O–H groups in total. The van der Waals surface area contributed by atoms with E-state index in [1.165, 1.54) is 11.1 Å². The van der Waals surface area contributed by atoms with Gasteiger partial charge in [0.05, 0.1) is 6.54 Å². The Balaban J connectivity index is 2.62. The van der Waals surface area contributed by atoms with Gasteiger partial charge in [0.25, 0.3) is 0 Å². The first-order chi connectivity index (χ1) is 8.02. The summed E-state index contributed by atoms with van der Waals surface area (Å²) in [6, 6.07) is 6.54. The van der Waals surface area contributed by atoms with Crippen LogP contribution < -0.4 is 11.1 Å². The summed E-state index contributed by atoms with van der Waals surface area (Å²) in [5.74, 6) is 0.515. The van der Waals surface area contributed by atoms with Crippen LogP contribution in [0.3, 0.4) is 0 Å². The summed E-state index contributed by atoms with van der Waals surface area (Å²) in [5, 5.41) is 3.15. The van der Waals surface area contributed by atoms with Gasteiger partial charge in [0.15, 0.2) is 5.96 Å². The molecular weight excluding hydrogens is 278 g/mol. The Morgan fingerprint density at radius 3 is 2.82 bits per heavy atom. The molecule has 1 unspecified atom stereocenters. The van der Waals surface area contributed by atoms with Gasteiger partial charge in [-0.05, 0) is 43.5 Å². The van der Waals surface area contributed by atoms with Crippen LogP contribution in [0.2, 0.25) is 0 Å². The Kier molecular flexibility index (Phi) is 5.48. The van der Waals surface area contributed by atoms with Crippen LogP contribution >= 0.6 is 15.9 Å². The minimum atomic E-state index is 0.366. The number of nitrogens with two attached hydrogens (primary N) is 1. The van der Waals surface area contributed by atoms with E-state index in [9.17, 15) is 0 Å². The van der Waals surface area contributed by atoms with Gasteiger partial charge in [0, 0.05) is 10.5 Å². The van der Waals surface area contributed by atoms with E-state index in [1.54, 1.807) is 0 Å². The molecule has 94 valence electrons. The predicted octanol–water partition coefficient (Wildman–Crippen LogP) is 2.96. The average molecular weight is 298 g/mol. The first kappa shape index (κ1) is 14.0. The molecule has 0 radical (unpaired) electrons. The van der Waals surface area contributed by atoms with E-state index in [4.69, 9.17) is 5.73 Å². The number of rotatable bonds is 4. The second-order valence-electron chi connectivity index (χ2n) is 4.23. The SMILES string of the molecule is CCC(C)NC(N)=NCc1ccc(Br)cc1C. The molecule has 0 saturated heterocycles. The summed E-state index contributed by atoms with van der Waals surface area (Å²) in [6.07, 6.45) is 1.04. The first-order valence-corrected chi connectivity index (χ1v) is 6.63. The molecule has 0 aliphatic rings. The molecule has 1 aromatic carbocycles. The Morgan fingerprint density at radius 1 is 1.53 bits per heavy atom. The van der Waals surface area contributed by atoms with Crippen molar-refractivity contribution >= 4 is 21.9 Å². The number of guanidine groups is 1. The molecule has 0 saturated carbocycles. The molecule has 4 heteroatoms. The maximum absolute atomic E-state index is 5.81. The van der Waals surface area contributed by atoms with Crippen LogP contribution in [0.1, 0.15) is 31.4 Å². The second kappa shape index (κ2) is 6.64. The van der Waals surface area contributed by atoms with Gasteiger partial charge in [-0.15, -0.1) is 0 Å². The number of nitrogens with zero attached hydrogens (tertiary/aromatic N) is 1. The van der Waals surface area contributed by atoms with E-state index >= 15 is 0 Å². The van der Waals surface area contributed by atoms with E-state index in [0.29, 0.717) is 18.5 Å². The Hall–Kier alpha value is -1.03. The molecule has 1 rings (SSSR count). The summed E-state index contributed by atoms with van der Waals surface area (Å²) < 4.78 is 1.09. The van der Waals surface area contributed by atoms with E-state index in [2.05, 4.69) is 59.1 Å². The molecule has 3 nitrogen and oxygen atoms in total. The number of hydrogen-bond acceptors (Lipinski definition) is 1. The highest BCUT2D eigenvalue weighted by molar-refractivity contribution is 9.10. The molecule has 0 heterocycles. The molecule has 0 amide bonds. The molecule has 1 atom stereocenters. The van der Waals surface area contributed by atoms with Gasteiger partial charge in [0.1, 0.15) is 0 Å². The lowest BCUT2D eigenvalue weighted by molar-refractivity contribution is 0.636. The lowest BCUT2D eigenvalue weighted by Crippen LogP contribution is -2.38. The third-order valence-corrected chi connectivity index (χ3v) is 3.22. The fourth-order valence-electron chi connectivity index (χ4n) is 1.41. The van der Waals surface area contributed by atoms with Gasteiger partial charge in [-0.3, -0.25) is 0 Å². The minimum Gasteiger partial charge on any atom is -0.370 e. The quantitative estimate of drug-likeness (QED) is 0.663. The number of aliphatic imine (C=N–C) groups is 1. The maximum Gasteiger partial charge on any atom is 0.189 e. The van der Waals surface area contributed by atoms with Gasteiger partial charge in [0.2, 0.25) is 0 Å². The van der Waals surface area contributed by atoms with Crippen LogP contribution in [0.4, 0.5) is 0 Å². The highest BCUT2D eigenvalue weighted by atomic mass is 79.9. The summed E-state index contributed by atoms with van der Waals surface area (Å²) in [5.41, 5.74) is 8.23. The number of halogens is 1. The van der Waals surface area contributed by atoms with Crippen molar-refractivity contribution in [1.29, 1.82) is 0 Å². The van der Waals surface area contributed by atoms with Gasteiger partial charge in [-0.1, -0.05) is 28.9 Å². The fraction of sp³-hybridized carbons (Fsp3) is 0.462. The second-order valence-corrected chi connectivity index (χ2v) is 5.14. The highest BCUT2D eigenvalue weighted by Crippen LogP contribution is 2.16. The topological polar surface area (TPSA) is 50.4 Å². The van der Waals surface area contributed by atoms with Crippen molar-refractivity contribution < 1.29 is 0 Å². The lowest BCUT2D eigenvalue weighted by Gasteiger charge is -2.12. The first-order valence-electron chi connectivity index (χ1n) is 5.84. The maximum atomic E-state index is 5.81. The number of benzene rings is 1. The van der Waals surface area contributed by atoms with Crippen molar-refractivity contribution in [2.75, 3.05) is 0 Å². The van der Waals surface area contributed by atoms with Crippen molar-refractivity contribution in [3.63, 3.8) is 0 Å². The van der Waals surface area contributed by atoms with Gasteiger partial charge in [-0.25, -0.2) is 4.99 Å². The van der Waals surface area contributed by atoms with Crippen molar-refractivity contribution in [3.05, 3.63) is 33.8 Å². The smallest absolute Gasteiger partial charge is 0.189 e. The van der Waals surface area contributed by atoms with Crippen molar-refractivity contribution in [2.24, 2.45) is 10.7 Å². The molecule has 1 aromatic rings. The zero-order chi connectivity index (χ0) is 12.8. The Labute approximate surface area is 112 Å². The van der Waals surface area contributed by atoms with Crippen LogP contribution in [0, 0.1) is 6.92 Å². The fourth-order valence-corrected chi connectivity index (χ4v) is 1.88. The van der Waals surface area contributed by atoms with Gasteiger partial charge < -0.3 is 11.1 Å².